The van der Waals surface area contributed by atoms with E-state index in [2.05, 4.69) is 10.5 Å². The maximum Gasteiger partial charge on any atom is 0.273 e. The predicted molar refractivity (Wildman–Crippen MR) is 96.5 cm³/mol. The highest BCUT2D eigenvalue weighted by Gasteiger charge is 2.26. The predicted octanol–water partition coefficient (Wildman–Crippen LogP) is 3.66. The van der Waals surface area contributed by atoms with Gasteiger partial charge in [-0.2, -0.15) is 0 Å². The summed E-state index contributed by atoms with van der Waals surface area (Å²) in [5.41, 5.74) is 6.88. The summed E-state index contributed by atoms with van der Waals surface area (Å²) >= 11 is 5.97. The van der Waals surface area contributed by atoms with E-state index in [9.17, 15) is 4.79 Å². The van der Waals surface area contributed by atoms with Crippen LogP contribution in [0.4, 0.5) is 0 Å². The Kier molecular flexibility index (Phi) is 6.66. The number of nitrogens with zero attached hydrogens (tertiary/aromatic N) is 1. The van der Waals surface area contributed by atoms with E-state index in [0.29, 0.717) is 23.2 Å². The molecule has 5 nitrogen and oxygen atoms in total. The third kappa shape index (κ3) is 4.29. The van der Waals surface area contributed by atoms with E-state index in [4.69, 9.17) is 21.9 Å². The molecule has 3 rings (SSSR count). The summed E-state index contributed by atoms with van der Waals surface area (Å²) in [6.07, 6.45) is 4.33. The largest absolute Gasteiger partial charge is 0.355 e. The molecule has 24 heavy (non-hydrogen) atoms. The van der Waals surface area contributed by atoms with E-state index >= 15 is 0 Å². The van der Waals surface area contributed by atoms with Gasteiger partial charge in [-0.25, -0.2) is 0 Å². The van der Waals surface area contributed by atoms with Crippen LogP contribution in [0, 0.1) is 5.92 Å². The number of amides is 1. The Bertz CT molecular complexity index is 690. The van der Waals surface area contributed by atoms with Crippen molar-refractivity contribution in [2.45, 2.75) is 31.7 Å². The van der Waals surface area contributed by atoms with Crippen molar-refractivity contribution in [1.82, 2.24) is 10.5 Å². The van der Waals surface area contributed by atoms with Gasteiger partial charge in [-0.15, -0.1) is 12.4 Å². The number of nitrogens with one attached hydrogen (secondary N) is 1. The molecular formula is C17H21Cl2N3O2. The lowest BCUT2D eigenvalue weighted by Gasteiger charge is -2.30. The van der Waals surface area contributed by atoms with Crippen molar-refractivity contribution in [3.05, 3.63) is 41.0 Å². The topological polar surface area (TPSA) is 81.1 Å². The van der Waals surface area contributed by atoms with Crippen molar-refractivity contribution >= 4 is 29.9 Å². The summed E-state index contributed by atoms with van der Waals surface area (Å²) in [7, 11) is 0. The quantitative estimate of drug-likeness (QED) is 0.861. The molecule has 2 unspecified atom stereocenters. The number of carbonyl (C=O) groups excluding carboxylic acids is 1. The molecule has 1 aromatic carbocycles. The van der Waals surface area contributed by atoms with Crippen LogP contribution in [-0.4, -0.2) is 23.7 Å². The minimum absolute atomic E-state index is 0. The lowest BCUT2D eigenvalue weighted by molar-refractivity contribution is 0.0899. The average molecular weight is 370 g/mol. The molecule has 1 aliphatic rings. The number of hydrogen-bond acceptors (Lipinski definition) is 4. The van der Waals surface area contributed by atoms with E-state index in [1.54, 1.807) is 18.2 Å². The van der Waals surface area contributed by atoms with E-state index in [1.807, 2.05) is 12.1 Å². The second-order valence-electron chi connectivity index (χ2n) is 5.95. The summed E-state index contributed by atoms with van der Waals surface area (Å²) in [5, 5.41) is 7.53. The van der Waals surface area contributed by atoms with Gasteiger partial charge in [0.2, 0.25) is 0 Å². The van der Waals surface area contributed by atoms with Gasteiger partial charge in [0.15, 0.2) is 11.5 Å². The van der Waals surface area contributed by atoms with Gasteiger partial charge >= 0.3 is 0 Å². The molecule has 2 atom stereocenters. The van der Waals surface area contributed by atoms with Crippen molar-refractivity contribution in [1.29, 1.82) is 0 Å². The molecule has 130 valence electrons. The van der Waals surface area contributed by atoms with Gasteiger partial charge in [0.1, 0.15) is 0 Å². The smallest absolute Gasteiger partial charge is 0.273 e. The van der Waals surface area contributed by atoms with Crippen molar-refractivity contribution in [3.63, 3.8) is 0 Å². The lowest BCUT2D eigenvalue weighted by atomic mass is 9.84. The second kappa shape index (κ2) is 8.51. The van der Waals surface area contributed by atoms with Crippen LogP contribution in [0.3, 0.4) is 0 Å². The highest BCUT2D eigenvalue weighted by Crippen LogP contribution is 2.25. The van der Waals surface area contributed by atoms with Crippen molar-refractivity contribution in [2.75, 3.05) is 6.54 Å². The molecule has 1 heterocycles. The molecule has 3 N–H and O–H groups in total. The molecule has 1 amide bonds. The highest BCUT2D eigenvalue weighted by molar-refractivity contribution is 6.30. The fourth-order valence-electron chi connectivity index (χ4n) is 3.08. The summed E-state index contributed by atoms with van der Waals surface area (Å²) in [4.78, 5) is 12.4. The number of carbonyl (C=O) groups is 1. The standard InChI is InChI=1S/C17H20ClN3O2.ClH/c18-13-6-3-5-11(8-13)16-9-15(21-23-16)17(22)20-14-7-2-1-4-12(14)10-19;/h3,5-6,8-9,12,14H,1-2,4,7,10,19H2,(H,20,22);1H. The van der Waals surface area contributed by atoms with Gasteiger partial charge in [-0.3, -0.25) is 4.79 Å². The van der Waals surface area contributed by atoms with Crippen LogP contribution in [0.1, 0.15) is 36.2 Å². The molecule has 1 fully saturated rings. The molecular weight excluding hydrogens is 349 g/mol. The van der Waals surface area contributed by atoms with Gasteiger partial charge in [0.25, 0.3) is 5.91 Å². The number of nitrogens with two attached hydrogens (primary N) is 1. The molecule has 2 aromatic rings. The molecule has 0 aliphatic heterocycles. The first kappa shape index (κ1) is 18.8. The summed E-state index contributed by atoms with van der Waals surface area (Å²) in [6, 6.07) is 9.00. The second-order valence-corrected chi connectivity index (χ2v) is 6.38. The Morgan fingerprint density at radius 2 is 2.12 bits per heavy atom. The van der Waals surface area contributed by atoms with Crippen LogP contribution >= 0.6 is 24.0 Å². The minimum Gasteiger partial charge on any atom is -0.355 e. The van der Waals surface area contributed by atoms with E-state index in [-0.39, 0.29) is 30.0 Å². The normalized spacial score (nSPS) is 20.2. The van der Waals surface area contributed by atoms with Crippen molar-refractivity contribution in [3.8, 4) is 11.3 Å². The Balaban J connectivity index is 0.00000208. The number of hydrogen-bond donors (Lipinski definition) is 2. The molecule has 1 aromatic heterocycles. The molecule has 7 heteroatoms. The van der Waals surface area contributed by atoms with Crippen LogP contribution in [0.5, 0.6) is 0 Å². The molecule has 0 bridgehead atoms. The third-order valence-corrected chi connectivity index (χ3v) is 4.62. The summed E-state index contributed by atoms with van der Waals surface area (Å²) in [6.45, 7) is 0.595. The molecule has 1 aliphatic carbocycles. The first-order valence-electron chi connectivity index (χ1n) is 7.91. The first-order valence-corrected chi connectivity index (χ1v) is 8.29. The fourth-order valence-corrected chi connectivity index (χ4v) is 3.27. The van der Waals surface area contributed by atoms with E-state index in [1.165, 1.54) is 6.42 Å². The van der Waals surface area contributed by atoms with Crippen LogP contribution in [0.25, 0.3) is 11.3 Å². The highest BCUT2D eigenvalue weighted by atomic mass is 35.5. The number of halogens is 2. The van der Waals surface area contributed by atoms with Gasteiger partial charge < -0.3 is 15.6 Å². The number of aromatic nitrogens is 1. The van der Waals surface area contributed by atoms with Gasteiger partial charge in [-0.05, 0) is 37.4 Å². The Morgan fingerprint density at radius 3 is 2.88 bits per heavy atom. The lowest BCUT2D eigenvalue weighted by Crippen LogP contribution is -2.44. The Morgan fingerprint density at radius 1 is 1.33 bits per heavy atom. The zero-order valence-corrected chi connectivity index (χ0v) is 14.8. The maximum absolute atomic E-state index is 12.4. The fraction of sp³-hybridized carbons (Fsp3) is 0.412. The maximum atomic E-state index is 12.4. The van der Waals surface area contributed by atoms with E-state index < -0.39 is 0 Å². The zero-order chi connectivity index (χ0) is 16.2. The molecule has 0 spiro atoms. The van der Waals surface area contributed by atoms with Crippen molar-refractivity contribution < 1.29 is 9.32 Å². The van der Waals surface area contributed by atoms with Gasteiger partial charge in [0.05, 0.1) is 0 Å². The van der Waals surface area contributed by atoms with Crippen LogP contribution in [0.15, 0.2) is 34.9 Å². The van der Waals surface area contributed by atoms with Crippen LogP contribution < -0.4 is 11.1 Å². The van der Waals surface area contributed by atoms with Gasteiger partial charge in [0, 0.05) is 22.7 Å². The summed E-state index contributed by atoms with van der Waals surface area (Å²) in [5.74, 6) is 0.649. The number of benzene rings is 1. The SMILES string of the molecule is Cl.NCC1CCCCC1NC(=O)c1cc(-c2cccc(Cl)c2)on1. The third-order valence-electron chi connectivity index (χ3n) is 4.38. The average Bonchev–Trinajstić information content (AvgIpc) is 3.05. The monoisotopic (exact) mass is 369 g/mol. The van der Waals surface area contributed by atoms with Gasteiger partial charge in [-0.1, -0.05) is 41.7 Å². The Labute approximate surface area is 152 Å². The molecule has 0 saturated heterocycles. The van der Waals surface area contributed by atoms with Crippen LogP contribution in [0.2, 0.25) is 5.02 Å². The Hall–Kier alpha value is -1.56. The molecule has 0 radical (unpaired) electrons. The first-order chi connectivity index (χ1) is 11.2. The zero-order valence-electron chi connectivity index (χ0n) is 13.2. The minimum atomic E-state index is -0.215. The summed E-state index contributed by atoms with van der Waals surface area (Å²) < 4.78 is 5.28. The number of rotatable bonds is 4. The van der Waals surface area contributed by atoms with Crippen LogP contribution in [-0.2, 0) is 0 Å². The van der Waals surface area contributed by atoms with Crippen molar-refractivity contribution in [2.24, 2.45) is 11.7 Å². The van der Waals surface area contributed by atoms with E-state index in [0.717, 1.165) is 24.8 Å². The molecule has 1 saturated carbocycles.